The number of benzene rings is 2. The minimum absolute atomic E-state index is 0.0410. The minimum Gasteiger partial charge on any atom is -0.492 e. The molecule has 0 saturated carbocycles. The van der Waals surface area contributed by atoms with Crippen molar-refractivity contribution in [3.05, 3.63) is 76.9 Å². The van der Waals surface area contributed by atoms with Gasteiger partial charge in [0.1, 0.15) is 17.4 Å². The van der Waals surface area contributed by atoms with Crippen LogP contribution in [0.1, 0.15) is 46.0 Å². The van der Waals surface area contributed by atoms with Gasteiger partial charge in [-0.3, -0.25) is 4.79 Å². The largest absolute Gasteiger partial charge is 0.492 e. The fraction of sp³-hybridized carbons (Fsp3) is 0.375. The Morgan fingerprint density at radius 3 is 2.83 bits per heavy atom. The molecule has 3 heterocycles. The van der Waals surface area contributed by atoms with Crippen molar-refractivity contribution in [3.63, 3.8) is 0 Å². The predicted molar refractivity (Wildman–Crippen MR) is 114 cm³/mol. The van der Waals surface area contributed by atoms with Crippen LogP contribution in [-0.4, -0.2) is 33.3 Å². The summed E-state index contributed by atoms with van der Waals surface area (Å²) in [5.41, 5.74) is 3.08. The molecule has 0 spiro atoms. The van der Waals surface area contributed by atoms with Gasteiger partial charge in [0.2, 0.25) is 0 Å². The number of amides is 1. The molecule has 1 amide bonds. The second-order valence-electron chi connectivity index (χ2n) is 8.06. The summed E-state index contributed by atoms with van der Waals surface area (Å²) in [6, 6.07) is 16.4. The van der Waals surface area contributed by atoms with E-state index in [0.717, 1.165) is 68.0 Å². The second-order valence-corrected chi connectivity index (χ2v) is 8.06. The molecule has 154 valence electrons. The fourth-order valence-corrected chi connectivity index (χ4v) is 4.44. The zero-order chi connectivity index (χ0) is 20.3. The highest BCUT2D eigenvalue weighted by atomic mass is 16.5. The van der Waals surface area contributed by atoms with Crippen LogP contribution in [0.25, 0.3) is 0 Å². The topological polar surface area (TPSA) is 69.0 Å². The van der Waals surface area contributed by atoms with Crippen LogP contribution in [0, 0.1) is 0 Å². The summed E-state index contributed by atoms with van der Waals surface area (Å²) in [4.78, 5) is 12.9. The van der Waals surface area contributed by atoms with Crippen LogP contribution in [-0.2, 0) is 32.2 Å². The summed E-state index contributed by atoms with van der Waals surface area (Å²) >= 11 is 0. The number of aryl methyl sites for hydroxylation is 3. The Bertz CT molecular complexity index is 1040. The first kappa shape index (κ1) is 18.9. The van der Waals surface area contributed by atoms with E-state index in [0.29, 0.717) is 12.2 Å². The molecule has 1 N–H and O–H groups in total. The summed E-state index contributed by atoms with van der Waals surface area (Å²) in [6.45, 7) is 1.49. The lowest BCUT2D eigenvalue weighted by Gasteiger charge is -2.17. The predicted octanol–water partition coefficient (Wildman–Crippen LogP) is 3.13. The van der Waals surface area contributed by atoms with Crippen LogP contribution in [0.3, 0.4) is 0 Å². The number of rotatable bonds is 5. The molecule has 2 aromatic carbocycles. The third kappa shape index (κ3) is 3.82. The van der Waals surface area contributed by atoms with Crippen molar-refractivity contribution in [3.8, 4) is 5.75 Å². The van der Waals surface area contributed by atoms with Crippen molar-refractivity contribution in [1.82, 2.24) is 20.1 Å². The van der Waals surface area contributed by atoms with Gasteiger partial charge in [-0.1, -0.05) is 42.5 Å². The smallest absolute Gasteiger partial charge is 0.255 e. The lowest BCUT2D eigenvalue weighted by Crippen LogP contribution is -2.35. The van der Waals surface area contributed by atoms with Gasteiger partial charge in [0, 0.05) is 31.8 Å². The Hall–Kier alpha value is -3.15. The van der Waals surface area contributed by atoms with Gasteiger partial charge in [-0.2, -0.15) is 0 Å². The summed E-state index contributed by atoms with van der Waals surface area (Å²) < 4.78 is 7.95. The molecule has 1 atom stereocenters. The maximum absolute atomic E-state index is 12.9. The third-order valence-corrected chi connectivity index (χ3v) is 6.10. The summed E-state index contributed by atoms with van der Waals surface area (Å²) in [6.07, 6.45) is 5.29. The highest BCUT2D eigenvalue weighted by Gasteiger charge is 2.25. The van der Waals surface area contributed by atoms with E-state index in [9.17, 15) is 4.79 Å². The molecule has 3 aromatic rings. The number of carbonyl (C=O) groups excluding carboxylic acids is 1. The van der Waals surface area contributed by atoms with Crippen molar-refractivity contribution in [2.24, 2.45) is 0 Å². The Morgan fingerprint density at radius 1 is 1.03 bits per heavy atom. The minimum atomic E-state index is -0.0410. The Labute approximate surface area is 176 Å². The molecule has 2 aliphatic rings. The maximum Gasteiger partial charge on any atom is 0.255 e. The average molecular weight is 402 g/mol. The van der Waals surface area contributed by atoms with Crippen LogP contribution in [0.15, 0.2) is 48.5 Å². The van der Waals surface area contributed by atoms with Crippen LogP contribution >= 0.6 is 0 Å². The molecule has 2 aliphatic heterocycles. The van der Waals surface area contributed by atoms with Crippen molar-refractivity contribution in [1.29, 1.82) is 0 Å². The van der Waals surface area contributed by atoms with E-state index in [1.54, 1.807) is 0 Å². The third-order valence-electron chi connectivity index (χ3n) is 6.10. The monoisotopic (exact) mass is 402 g/mol. The van der Waals surface area contributed by atoms with Gasteiger partial charge in [0.15, 0.2) is 0 Å². The highest BCUT2D eigenvalue weighted by Crippen LogP contribution is 2.29. The van der Waals surface area contributed by atoms with Gasteiger partial charge in [0.25, 0.3) is 5.91 Å². The molecule has 1 unspecified atom stereocenters. The van der Waals surface area contributed by atoms with E-state index in [1.165, 1.54) is 5.56 Å². The number of aromatic nitrogens is 3. The van der Waals surface area contributed by atoms with E-state index in [4.69, 9.17) is 4.74 Å². The van der Waals surface area contributed by atoms with Gasteiger partial charge in [-0.25, -0.2) is 0 Å². The fourth-order valence-electron chi connectivity index (χ4n) is 4.44. The first-order valence-electron chi connectivity index (χ1n) is 10.8. The number of hydrogen-bond acceptors (Lipinski definition) is 4. The van der Waals surface area contributed by atoms with Crippen LogP contribution in [0.4, 0.5) is 0 Å². The first-order valence-corrected chi connectivity index (χ1v) is 10.8. The molecule has 6 heteroatoms. The van der Waals surface area contributed by atoms with Gasteiger partial charge in [0.05, 0.1) is 12.2 Å². The maximum atomic E-state index is 12.9. The number of nitrogens with zero attached hydrogens (tertiary/aromatic N) is 3. The molecule has 0 aliphatic carbocycles. The zero-order valence-corrected chi connectivity index (χ0v) is 17.0. The molecular formula is C24H26N4O2. The lowest BCUT2D eigenvalue weighted by atomic mass is 10.1. The van der Waals surface area contributed by atoms with Gasteiger partial charge < -0.3 is 14.6 Å². The number of hydrogen-bond donors (Lipinski definition) is 1. The number of carbonyl (C=O) groups is 1. The summed E-state index contributed by atoms with van der Waals surface area (Å²) in [5.74, 6) is 2.78. The SMILES string of the molecule is O=C(NC1CCc2nnc(CCc3ccccc3)n2CC1)c1cccc2c1OCC2. The van der Waals surface area contributed by atoms with Crippen molar-refractivity contribution in [2.45, 2.75) is 51.1 Å². The molecule has 0 fully saturated rings. The molecule has 1 aromatic heterocycles. The summed E-state index contributed by atoms with van der Waals surface area (Å²) in [7, 11) is 0. The van der Waals surface area contributed by atoms with Crippen LogP contribution in [0.5, 0.6) is 5.75 Å². The lowest BCUT2D eigenvalue weighted by molar-refractivity contribution is 0.0929. The van der Waals surface area contributed by atoms with E-state index in [1.807, 2.05) is 24.3 Å². The Kier molecular flexibility index (Phi) is 5.22. The molecule has 0 radical (unpaired) electrons. The van der Waals surface area contributed by atoms with Gasteiger partial charge in [-0.15, -0.1) is 10.2 Å². The molecule has 0 bridgehead atoms. The van der Waals surface area contributed by atoms with Gasteiger partial charge in [-0.05, 0) is 36.5 Å². The Morgan fingerprint density at radius 2 is 1.93 bits per heavy atom. The van der Waals surface area contributed by atoms with Crippen molar-refractivity contribution < 1.29 is 9.53 Å². The number of para-hydroxylation sites is 1. The number of nitrogens with one attached hydrogen (secondary N) is 1. The molecular weight excluding hydrogens is 376 g/mol. The Balaban J connectivity index is 1.23. The normalized spacial score (nSPS) is 17.5. The number of ether oxygens (including phenoxy) is 1. The van der Waals surface area contributed by atoms with E-state index >= 15 is 0 Å². The molecule has 0 saturated heterocycles. The van der Waals surface area contributed by atoms with Crippen LogP contribution < -0.4 is 10.1 Å². The van der Waals surface area contributed by atoms with E-state index in [-0.39, 0.29) is 11.9 Å². The second kappa shape index (κ2) is 8.30. The molecule has 6 nitrogen and oxygen atoms in total. The molecule has 5 rings (SSSR count). The quantitative estimate of drug-likeness (QED) is 0.712. The van der Waals surface area contributed by atoms with Crippen LogP contribution in [0.2, 0.25) is 0 Å². The highest BCUT2D eigenvalue weighted by molar-refractivity contribution is 5.97. The average Bonchev–Trinajstić information content (AvgIpc) is 3.36. The number of fused-ring (bicyclic) bond motifs is 2. The standard InChI is InChI=1S/C24H26N4O2/c29-24(20-8-4-7-18-14-16-30-23(18)20)25-19-10-12-22-27-26-21(28(22)15-13-19)11-9-17-5-2-1-3-6-17/h1-8,19H,9-16H2,(H,25,29). The van der Waals surface area contributed by atoms with Crippen molar-refractivity contribution >= 4 is 5.91 Å². The first-order chi connectivity index (χ1) is 14.8. The molecule has 30 heavy (non-hydrogen) atoms. The van der Waals surface area contributed by atoms with E-state index < -0.39 is 0 Å². The van der Waals surface area contributed by atoms with Gasteiger partial charge >= 0.3 is 0 Å². The zero-order valence-electron chi connectivity index (χ0n) is 17.0. The van der Waals surface area contributed by atoms with E-state index in [2.05, 4.69) is 44.3 Å². The summed E-state index contributed by atoms with van der Waals surface area (Å²) in [5, 5.41) is 12.1. The van der Waals surface area contributed by atoms with Crippen molar-refractivity contribution in [2.75, 3.05) is 6.61 Å².